The summed E-state index contributed by atoms with van der Waals surface area (Å²) >= 11 is 1.96. The van der Waals surface area contributed by atoms with Gasteiger partial charge in [-0.25, -0.2) is 35.3 Å². The van der Waals surface area contributed by atoms with Crippen LogP contribution < -0.4 is 99.9 Å². The number of amidine groups is 2. The third-order valence-electron chi connectivity index (χ3n) is 24.9. The number of nitriles is 1. The third kappa shape index (κ3) is 49.9. The van der Waals surface area contributed by atoms with E-state index in [-0.39, 0.29) is 147 Å². The van der Waals surface area contributed by atoms with Gasteiger partial charge in [-0.3, -0.25) is 53.2 Å². The molecule has 15 N–H and O–H groups in total. The Morgan fingerprint density at radius 1 is 0.464 bits per heavy atom. The van der Waals surface area contributed by atoms with Crippen molar-refractivity contribution in [2.75, 3.05) is 80.9 Å². The molecule has 5 heterocycles. The molecule has 3 fully saturated rings. The van der Waals surface area contributed by atoms with E-state index in [0.717, 1.165) is 235 Å². The maximum Gasteiger partial charge on any atom is 1.00 e. The van der Waals surface area contributed by atoms with Gasteiger partial charge in [0.2, 0.25) is 36.0 Å². The van der Waals surface area contributed by atoms with Gasteiger partial charge in [0.25, 0.3) is 11.8 Å². The van der Waals surface area contributed by atoms with Crippen LogP contribution >= 0.6 is 22.6 Å². The van der Waals surface area contributed by atoms with Crippen molar-refractivity contribution in [1.82, 2.24) is 23.5 Å². The smallest absolute Gasteiger partial charge is 0.812 e. The first-order chi connectivity index (χ1) is 66.1. The molecule has 0 saturated carbocycles. The second-order valence-electron chi connectivity index (χ2n) is 35.9. The van der Waals surface area contributed by atoms with Crippen molar-refractivity contribution in [3.05, 3.63) is 103 Å². The molecule has 0 aromatic heterocycles. The van der Waals surface area contributed by atoms with Crippen molar-refractivity contribution in [3.63, 3.8) is 0 Å². The van der Waals surface area contributed by atoms with Crippen LogP contribution in [0.25, 0.3) is 18.2 Å². The molecule has 140 heavy (non-hydrogen) atoms. The van der Waals surface area contributed by atoms with Gasteiger partial charge in [0.1, 0.15) is 28.5 Å². The molecule has 5 amide bonds. The number of alkyl halides is 1. The van der Waals surface area contributed by atoms with Crippen molar-refractivity contribution < 1.29 is 157 Å². The van der Waals surface area contributed by atoms with E-state index in [2.05, 4.69) is 21.3 Å². The summed E-state index contributed by atoms with van der Waals surface area (Å²) in [6.07, 6.45) is 38.3. The molecule has 780 valence electrons. The Balaban J connectivity index is 0.000000912. The Hall–Kier alpha value is -8.13. The fourth-order valence-electron chi connectivity index (χ4n) is 16.6. The van der Waals surface area contributed by atoms with Gasteiger partial charge in [-0.2, -0.15) is 12.9 Å². The van der Waals surface area contributed by atoms with Crippen LogP contribution in [0.15, 0.2) is 62.6 Å². The van der Waals surface area contributed by atoms with E-state index in [9.17, 15) is 73.2 Å². The predicted molar refractivity (Wildman–Crippen MR) is 554 cm³/mol. The van der Waals surface area contributed by atoms with E-state index >= 15 is 0 Å². The van der Waals surface area contributed by atoms with Crippen LogP contribution in [0.4, 0.5) is 21.9 Å². The topological polar surface area (TPSA) is 585 Å². The van der Waals surface area contributed by atoms with Gasteiger partial charge in [-0.1, -0.05) is 151 Å². The second-order valence-corrected chi connectivity index (χ2v) is 41.4. The Kier molecular flexibility index (Phi) is 63.0. The largest absolute Gasteiger partial charge is 1.00 e. The van der Waals surface area contributed by atoms with Gasteiger partial charge in [0.15, 0.2) is 0 Å². The standard InChI is InChI=1S/C29H43N5O6S.C28H42N4O5S.C17H26N4O3S.C12H22O3.C11H20O4.CH3I.CHNO.K/c1-21-19-23(33(3)28(30)38)20-22(2)24(21)13-18-41(39,40)34-16-14-29(15-17-34)27(37)31-25(32-29)11-9-7-5-4-6-8-10-12-26(35)36;1-21-19-23(29-3)20-22(2)24(21)13-18-38(36,37)32-16-14-28(15-17-32)27(35)30-25(31-28)11-9-7-5-4-6-8-10-12-26(33)34;1-12-10-14(20-3)11-13(2)15(12)4-9-25(23,24)21-7-5-17(19,6-8-21)16(18)22;1-11(13)9-7-5-3-2-4-6-8-10-12(14)15;12-10(13)8-6-4-2-1-3-5-7-9-11(14)15;1-2;2-1-3;/h13,18-20H,4-12,14-17H2,1-3H3,(H2,30,38)(H,35,36)(H,31,32,37);13,18-20,29H,4-12,14-17H2,1-3H3,(H,33,34)(H,30,31,35);4,9-11,20H,5-8,19H2,1-3H3,(H2,18,22);2-10H2,1H3,(H,14,15);1-9H2,(H,12,13)(H,14,15);1H3;3H;/q;;;;;;;+1/p-1/b2*18-13+;9-4+;;;;;/i;;;;;1D;;. The minimum atomic E-state index is -3.71. The maximum absolute atomic E-state index is 13.1. The van der Waals surface area contributed by atoms with Gasteiger partial charge < -0.3 is 73.9 Å². The van der Waals surface area contributed by atoms with Crippen molar-refractivity contribution in [1.29, 1.82) is 5.26 Å². The molecule has 5 aliphatic rings. The van der Waals surface area contributed by atoms with Crippen LogP contribution in [0.1, 0.15) is 328 Å². The van der Waals surface area contributed by atoms with Crippen LogP contribution in [0.3, 0.4) is 0 Å². The molecule has 41 heteroatoms. The number of rotatable bonds is 53. The molecule has 0 aliphatic carbocycles. The number of unbranched alkanes of at least 4 members (excludes halogenated alkanes) is 24. The van der Waals surface area contributed by atoms with E-state index in [4.69, 9.17) is 64.5 Å². The summed E-state index contributed by atoms with van der Waals surface area (Å²) in [5, 5.41) is 73.2. The molecule has 8 rings (SSSR count). The number of hydrogen-bond acceptors (Lipinski definition) is 23. The maximum atomic E-state index is 13.1. The van der Waals surface area contributed by atoms with E-state index < -0.39 is 88.5 Å². The van der Waals surface area contributed by atoms with Crippen molar-refractivity contribution >= 4 is 159 Å². The van der Waals surface area contributed by atoms with E-state index in [1.807, 2.05) is 102 Å². The molecule has 0 radical (unpaired) electrons. The first-order valence-electron chi connectivity index (χ1n) is 48.9. The predicted octanol–water partition coefficient (Wildman–Crippen LogP) is 12.3. The Labute approximate surface area is 888 Å². The zero-order chi connectivity index (χ0) is 105. The minimum absolute atomic E-state index is 0. The van der Waals surface area contributed by atoms with E-state index in [1.54, 1.807) is 44.3 Å². The number of primary amides is 2. The summed E-state index contributed by atoms with van der Waals surface area (Å²) in [4.78, 5) is 122. The number of nitrogens with two attached hydrogens (primary N) is 3. The minimum Gasteiger partial charge on any atom is -0.812 e. The number of Topliss-reactive ketones (excluding diaryl/α,β-unsaturated/α-hetero) is 1. The molecule has 0 unspecified atom stereocenters. The summed E-state index contributed by atoms with van der Waals surface area (Å²) in [5.74, 6) is -2.81. The summed E-state index contributed by atoms with van der Waals surface area (Å²) in [6, 6.07) is 10.9. The summed E-state index contributed by atoms with van der Waals surface area (Å²) in [6.45, 7) is 14.4. The van der Waals surface area contributed by atoms with Gasteiger partial charge in [-0.05, 0) is 248 Å². The van der Waals surface area contributed by atoms with Crippen LogP contribution in [0, 0.1) is 53.1 Å². The van der Waals surface area contributed by atoms with Gasteiger partial charge in [0, 0.05) is 153 Å². The number of nitrogens with zero attached hydrogens (tertiary/aromatic N) is 7. The average molecular weight is 2160 g/mol. The number of amides is 5. The number of nitrogens with one attached hydrogen (secondary N) is 4. The number of carbonyl (C=O) groups excluding carboxylic acids is 5. The summed E-state index contributed by atoms with van der Waals surface area (Å²) in [5.41, 5.74) is 24.4. The number of carbonyl (C=O) groups is 10. The normalized spacial score (nSPS) is 15.5. The first-order valence-corrected chi connectivity index (χ1v) is 54.2. The average Bonchev–Trinajstić information content (AvgIpc) is 1.73. The molecular weight excluding hydrogens is 2000 g/mol. The third-order valence-corrected chi connectivity index (χ3v) is 29.6. The van der Waals surface area contributed by atoms with Gasteiger partial charge in [-0.15, -0.1) is 0 Å². The fraction of sp³-hybridized carbons (Fsp3) is 0.626. The van der Waals surface area contributed by atoms with Crippen molar-refractivity contribution in [2.45, 2.75) is 335 Å². The number of ketones is 1. The van der Waals surface area contributed by atoms with Crippen LogP contribution in [-0.4, -0.2) is 217 Å². The number of urea groups is 1. The van der Waals surface area contributed by atoms with Crippen LogP contribution in [0.2, 0.25) is 0 Å². The molecule has 3 aromatic rings. The van der Waals surface area contributed by atoms with Crippen LogP contribution in [-0.2, 0) is 73.2 Å². The fourth-order valence-corrected chi connectivity index (χ4v) is 20.1. The van der Waals surface area contributed by atoms with Crippen LogP contribution in [0.5, 0.6) is 0 Å². The molecule has 5 aliphatic heterocycles. The SMILES string of the molecule is CC(=O)CCCCCCCCCC(=O)O.CNc1cc(C)c(/C=C/S(=O)(=O)N2CCC(N)(C(N)=O)CC2)c(C)c1.CNc1cc(C)c(/C=C/S(=O)(=O)N2CCC3(CC2)N=C(CCCCCCCCCC(=O)O)NC3=O)c(C)c1.Cc1cc(N(C)C(N)=O)cc(C)c1/C=C/S(=O)(=O)N1CCC2(CC1)N=C(CCCCCCCCCC(=O)O)NC2=O.N#C[O-].O=C(O)CCCCCCCCCC(=O)O.[2H]CI.[K+]. The number of aryl methyl sites for hydroxylation is 6. The number of aliphatic imine (C=N–C) groups is 2. The second kappa shape index (κ2) is 69.0. The molecule has 3 aromatic carbocycles. The summed E-state index contributed by atoms with van der Waals surface area (Å²) < 4.78 is 87.8. The molecule has 0 atom stereocenters. The molecule has 2 spiro atoms. The molecule has 3 saturated heterocycles. The quantitative estimate of drug-likeness (QED) is 0.00821. The van der Waals surface area contributed by atoms with E-state index in [1.165, 1.54) is 40.5 Å². The van der Waals surface area contributed by atoms with Crippen molar-refractivity contribution in [2.24, 2.45) is 27.2 Å². The molecule has 0 bridgehead atoms. The number of halogens is 1. The number of hydrogen-bond donors (Lipinski definition) is 12. The number of piperidine rings is 3. The monoisotopic (exact) mass is 2160 g/mol. The molecule has 36 nitrogen and oxygen atoms in total. The molecular formula is C99H156IKN14O22S3. The number of sulfonamides is 3. The zero-order valence-electron chi connectivity index (χ0n) is 85.2. The number of aliphatic carboxylic acids is 5. The summed E-state index contributed by atoms with van der Waals surface area (Å²) in [7, 11) is -5.62. The Bertz CT molecular complexity index is 4900. The van der Waals surface area contributed by atoms with Crippen molar-refractivity contribution in [3.8, 4) is 6.26 Å². The number of benzene rings is 3. The van der Waals surface area contributed by atoms with Gasteiger partial charge >= 0.3 is 87.3 Å². The number of anilines is 3. The zero-order valence-corrected chi connectivity index (χ0v) is 91.9. The Morgan fingerprint density at radius 2 is 0.686 bits per heavy atom. The Morgan fingerprint density at radius 3 is 0.907 bits per heavy atom. The van der Waals surface area contributed by atoms with E-state index in [0.29, 0.717) is 79.9 Å². The van der Waals surface area contributed by atoms with Gasteiger partial charge in [0.05, 0.1) is 5.54 Å². The number of carboxylic acids is 5. The number of carboxylic acid groups (broad SMARTS) is 5. The first kappa shape index (κ1) is 128.